The molecule has 5 heteroatoms. The minimum Gasteiger partial charge on any atom is -0.297 e. The second-order valence-electron chi connectivity index (χ2n) is 12.3. The van der Waals surface area contributed by atoms with Gasteiger partial charge in [0.1, 0.15) is 8.07 Å². The van der Waals surface area contributed by atoms with Crippen LogP contribution in [0.3, 0.4) is 0 Å². The molecule has 43 heavy (non-hydrogen) atoms. The number of unbranched alkanes of at least 4 members (excludes halogenated alkanes) is 10. The summed E-state index contributed by atoms with van der Waals surface area (Å²) in [6.07, 6.45) is 17.8. The molecular formula is C38H46O2S2Si. The van der Waals surface area contributed by atoms with Crippen molar-refractivity contribution in [3.63, 3.8) is 0 Å². The summed E-state index contributed by atoms with van der Waals surface area (Å²) >= 11 is 3.20. The van der Waals surface area contributed by atoms with Crippen molar-refractivity contribution >= 4 is 53.7 Å². The van der Waals surface area contributed by atoms with Gasteiger partial charge in [-0.15, -0.1) is 22.7 Å². The van der Waals surface area contributed by atoms with Crippen molar-refractivity contribution in [3.05, 3.63) is 70.4 Å². The highest BCUT2D eigenvalue weighted by molar-refractivity contribution is 7.17. The molecule has 2 aromatic heterocycles. The normalized spacial score (nSPS) is 13.2. The minimum absolute atomic E-state index is 0.789. The fourth-order valence-electron chi connectivity index (χ4n) is 7.02. The van der Waals surface area contributed by atoms with Gasteiger partial charge in [-0.1, -0.05) is 127 Å². The van der Waals surface area contributed by atoms with Crippen molar-refractivity contribution in [1.29, 1.82) is 0 Å². The molecule has 0 fully saturated rings. The van der Waals surface area contributed by atoms with Crippen molar-refractivity contribution in [2.45, 2.75) is 103 Å². The lowest BCUT2D eigenvalue weighted by atomic mass is 10.0. The molecule has 0 amide bonds. The number of fused-ring (bicyclic) bond motifs is 3. The molecule has 0 aliphatic carbocycles. The van der Waals surface area contributed by atoms with Gasteiger partial charge in [0, 0.05) is 9.75 Å². The number of carbonyl (C=O) groups is 2. The van der Waals surface area contributed by atoms with E-state index in [-0.39, 0.29) is 0 Å². The Hall–Kier alpha value is -2.60. The Morgan fingerprint density at radius 2 is 0.953 bits per heavy atom. The maximum atomic E-state index is 11.5. The molecule has 4 aromatic rings. The van der Waals surface area contributed by atoms with E-state index >= 15 is 0 Å². The van der Waals surface area contributed by atoms with Crippen LogP contribution < -0.4 is 10.4 Å². The van der Waals surface area contributed by atoms with Gasteiger partial charge in [0.15, 0.2) is 12.6 Å². The van der Waals surface area contributed by atoms with E-state index in [1.54, 1.807) is 33.0 Å². The second-order valence-corrected chi connectivity index (χ2v) is 18.8. The summed E-state index contributed by atoms with van der Waals surface area (Å²) in [6, 6.07) is 25.1. The summed E-state index contributed by atoms with van der Waals surface area (Å²) in [4.78, 5) is 26.9. The largest absolute Gasteiger partial charge is 0.297 e. The molecule has 3 heterocycles. The fraction of sp³-hybridized carbons (Fsp3) is 0.421. The lowest BCUT2D eigenvalue weighted by molar-refractivity contribution is 0.111. The molecule has 2 aromatic carbocycles. The molecule has 0 bridgehead atoms. The highest BCUT2D eigenvalue weighted by Gasteiger charge is 2.44. The van der Waals surface area contributed by atoms with E-state index in [0.29, 0.717) is 0 Å². The van der Waals surface area contributed by atoms with E-state index in [9.17, 15) is 9.59 Å². The molecule has 1 aliphatic rings. The predicted molar refractivity (Wildman–Crippen MR) is 191 cm³/mol. The zero-order chi connectivity index (χ0) is 30.1. The van der Waals surface area contributed by atoms with Crippen LogP contribution in [-0.2, 0) is 0 Å². The Bertz CT molecular complexity index is 1400. The standard InChI is InChI=1S/C38H46O2S2Si/c1-3-5-7-9-11-13-23-43(24-14-12-10-8-6-4-2)37-25-29(35-21-17-31(27-39)41-35)15-19-33(37)34-20-16-30(26-38(34)43)36-22-18-32(28-40)42-36/h15-22,25-28H,3-14,23-24H2,1-2H3. The van der Waals surface area contributed by atoms with Crippen LogP contribution in [0.1, 0.15) is 110 Å². The van der Waals surface area contributed by atoms with Gasteiger partial charge in [-0.2, -0.15) is 0 Å². The Kier molecular flexibility index (Phi) is 11.4. The molecule has 0 spiro atoms. The minimum atomic E-state index is -2.07. The second kappa shape index (κ2) is 15.4. The van der Waals surface area contributed by atoms with Crippen LogP contribution in [0.4, 0.5) is 0 Å². The van der Waals surface area contributed by atoms with Gasteiger partial charge in [0.2, 0.25) is 0 Å². The smallest absolute Gasteiger partial charge is 0.160 e. The Balaban J connectivity index is 1.56. The van der Waals surface area contributed by atoms with Crippen molar-refractivity contribution in [2.24, 2.45) is 0 Å². The molecule has 0 N–H and O–H groups in total. The highest BCUT2D eigenvalue weighted by Crippen LogP contribution is 2.40. The number of aldehydes is 2. The SMILES string of the molecule is CCCCCCCC[Si]1(CCCCCCCC)c2cc(-c3ccc(C=O)s3)ccc2-c2ccc(-c3ccc(C=O)s3)cc21. The average Bonchev–Trinajstić information content (AvgIpc) is 3.78. The topological polar surface area (TPSA) is 34.1 Å². The third-order valence-electron chi connectivity index (χ3n) is 9.33. The zero-order valence-corrected chi connectivity index (χ0v) is 28.6. The number of carbonyl (C=O) groups excluding carboxylic acids is 2. The highest BCUT2D eigenvalue weighted by atomic mass is 32.1. The lowest BCUT2D eigenvalue weighted by Crippen LogP contribution is -2.55. The predicted octanol–water partition coefficient (Wildman–Crippen LogP) is 11.0. The van der Waals surface area contributed by atoms with Gasteiger partial charge in [0.25, 0.3) is 0 Å². The molecule has 226 valence electrons. The quantitative estimate of drug-likeness (QED) is 0.0625. The molecule has 5 rings (SSSR count). The van der Waals surface area contributed by atoms with Crippen molar-refractivity contribution in [1.82, 2.24) is 0 Å². The van der Waals surface area contributed by atoms with Crippen LogP contribution >= 0.6 is 22.7 Å². The molecule has 0 radical (unpaired) electrons. The molecular weight excluding hydrogens is 581 g/mol. The van der Waals surface area contributed by atoms with Gasteiger partial charge in [-0.05, 0) is 69.0 Å². The van der Waals surface area contributed by atoms with Crippen LogP contribution in [0.15, 0.2) is 60.7 Å². The molecule has 0 unspecified atom stereocenters. The number of hydrogen-bond donors (Lipinski definition) is 0. The molecule has 1 aliphatic heterocycles. The van der Waals surface area contributed by atoms with E-state index in [1.807, 2.05) is 12.1 Å². The van der Waals surface area contributed by atoms with Crippen LogP contribution in [-0.4, -0.2) is 20.6 Å². The summed E-state index contributed by atoms with van der Waals surface area (Å²) in [6.45, 7) is 4.59. The number of thiophene rings is 2. The summed E-state index contributed by atoms with van der Waals surface area (Å²) in [5.74, 6) is 0. The van der Waals surface area contributed by atoms with Crippen molar-refractivity contribution < 1.29 is 9.59 Å². The summed E-state index contributed by atoms with van der Waals surface area (Å²) in [5.41, 5.74) is 5.37. The van der Waals surface area contributed by atoms with Gasteiger partial charge < -0.3 is 0 Å². The van der Waals surface area contributed by atoms with Gasteiger partial charge in [-0.25, -0.2) is 0 Å². The van der Waals surface area contributed by atoms with E-state index in [0.717, 1.165) is 22.3 Å². The van der Waals surface area contributed by atoms with E-state index in [2.05, 4.69) is 62.4 Å². The molecule has 2 nitrogen and oxygen atoms in total. The van der Waals surface area contributed by atoms with Crippen LogP contribution in [0.2, 0.25) is 12.1 Å². The van der Waals surface area contributed by atoms with E-state index in [1.165, 1.54) is 121 Å². The summed E-state index contributed by atoms with van der Waals surface area (Å²) < 4.78 is 0. The average molecular weight is 627 g/mol. The van der Waals surface area contributed by atoms with Crippen molar-refractivity contribution in [2.75, 3.05) is 0 Å². The Morgan fingerprint density at radius 1 is 0.535 bits per heavy atom. The molecule has 0 atom stereocenters. The first-order valence-corrected chi connectivity index (χ1v) is 20.6. The number of rotatable bonds is 18. The van der Waals surface area contributed by atoms with Gasteiger partial charge in [-0.3, -0.25) is 9.59 Å². The van der Waals surface area contributed by atoms with E-state index < -0.39 is 8.07 Å². The first kappa shape index (κ1) is 31.8. The third-order valence-corrected chi connectivity index (χ3v) is 16.8. The number of hydrogen-bond acceptors (Lipinski definition) is 4. The van der Waals surface area contributed by atoms with Crippen LogP contribution in [0.25, 0.3) is 32.0 Å². The van der Waals surface area contributed by atoms with E-state index in [4.69, 9.17) is 0 Å². The molecule has 0 saturated carbocycles. The number of benzene rings is 2. The third kappa shape index (κ3) is 7.21. The first-order chi connectivity index (χ1) is 21.1. The van der Waals surface area contributed by atoms with Crippen molar-refractivity contribution in [3.8, 4) is 32.0 Å². The maximum absolute atomic E-state index is 11.5. The summed E-state index contributed by atoms with van der Waals surface area (Å²) in [5, 5.41) is 3.22. The molecule has 0 saturated heterocycles. The Morgan fingerprint density at radius 3 is 1.35 bits per heavy atom. The van der Waals surface area contributed by atoms with Crippen LogP contribution in [0.5, 0.6) is 0 Å². The Labute approximate surface area is 267 Å². The van der Waals surface area contributed by atoms with Crippen LogP contribution in [0, 0.1) is 0 Å². The monoisotopic (exact) mass is 626 g/mol. The zero-order valence-electron chi connectivity index (χ0n) is 26.0. The van der Waals surface area contributed by atoms with Gasteiger partial charge in [0.05, 0.1) is 9.75 Å². The summed E-state index contributed by atoms with van der Waals surface area (Å²) in [7, 11) is -2.07. The lowest BCUT2D eigenvalue weighted by Gasteiger charge is -2.31. The maximum Gasteiger partial charge on any atom is 0.160 e. The first-order valence-electron chi connectivity index (χ1n) is 16.5. The van der Waals surface area contributed by atoms with Gasteiger partial charge >= 0.3 is 0 Å². The fourth-order valence-corrected chi connectivity index (χ4v) is 14.3.